The molecule has 0 spiro atoms. The van der Waals surface area contributed by atoms with E-state index < -0.39 is 23.8 Å². The van der Waals surface area contributed by atoms with Crippen molar-refractivity contribution in [2.24, 2.45) is 0 Å². The first-order valence-corrected chi connectivity index (χ1v) is 21.3. The highest BCUT2D eigenvalue weighted by molar-refractivity contribution is 6.17. The number of aromatic carboxylic acids is 2. The first-order valence-electron chi connectivity index (χ1n) is 21.3. The van der Waals surface area contributed by atoms with Crippen molar-refractivity contribution in [3.8, 4) is 34.0 Å². The summed E-state index contributed by atoms with van der Waals surface area (Å²) in [6.45, 7) is 3.25. The molecule has 342 valence electrons. The van der Waals surface area contributed by atoms with Crippen molar-refractivity contribution in [2.75, 3.05) is 37.8 Å². The van der Waals surface area contributed by atoms with Crippen LogP contribution < -0.4 is 31.6 Å². The van der Waals surface area contributed by atoms with E-state index in [2.05, 4.69) is 10.6 Å². The van der Waals surface area contributed by atoms with Crippen molar-refractivity contribution < 1.29 is 48.5 Å². The zero-order chi connectivity index (χ0) is 48.2. The number of hydrogen-bond acceptors (Lipinski definition) is 10. The number of nitrogen functional groups attached to an aromatic ring is 2. The molecule has 0 atom stereocenters. The maximum atomic E-state index is 13.9. The summed E-state index contributed by atoms with van der Waals surface area (Å²) >= 11 is 0. The van der Waals surface area contributed by atoms with Crippen molar-refractivity contribution in [3.63, 3.8) is 0 Å². The van der Waals surface area contributed by atoms with Crippen LogP contribution in [0.4, 0.5) is 11.4 Å². The summed E-state index contributed by atoms with van der Waals surface area (Å²) in [5.41, 5.74) is 18.0. The maximum Gasteiger partial charge on any atom is 0.337 e. The number of ketones is 2. The van der Waals surface area contributed by atoms with E-state index in [0.29, 0.717) is 67.3 Å². The second-order valence-corrected chi connectivity index (χ2v) is 15.8. The van der Waals surface area contributed by atoms with Gasteiger partial charge in [0.25, 0.3) is 11.8 Å². The average molecular weight is 913 g/mol. The number of ether oxygens (including phenoxy) is 2. The van der Waals surface area contributed by atoms with Gasteiger partial charge in [-0.05, 0) is 110 Å². The number of carboxylic acid groups (broad SMARTS) is 2. The zero-order valence-electron chi connectivity index (χ0n) is 36.7. The molecule has 8 rings (SSSR count). The quantitative estimate of drug-likeness (QED) is 0.0312. The lowest BCUT2D eigenvalue weighted by atomic mass is 9.97. The van der Waals surface area contributed by atoms with E-state index in [4.69, 9.17) is 20.9 Å². The van der Waals surface area contributed by atoms with Gasteiger partial charge in [-0.15, -0.1) is 0 Å². The van der Waals surface area contributed by atoms with Gasteiger partial charge in [-0.1, -0.05) is 36.4 Å². The van der Waals surface area contributed by atoms with Crippen LogP contribution in [-0.4, -0.2) is 80.6 Å². The molecule has 4 aromatic carbocycles. The van der Waals surface area contributed by atoms with E-state index in [1.54, 1.807) is 48.5 Å². The van der Waals surface area contributed by atoms with Gasteiger partial charge in [0, 0.05) is 59.1 Å². The molecule has 4 aromatic heterocycles. The summed E-state index contributed by atoms with van der Waals surface area (Å²) in [5, 5.41) is 24.6. The molecule has 16 heteroatoms. The highest BCUT2D eigenvalue weighted by Gasteiger charge is 2.26. The number of nitrogens with two attached hydrogens (primary N) is 2. The monoisotopic (exact) mass is 912 g/mol. The fraction of sp³-hybridized carbons (Fsp3) is 0.115. The molecule has 0 bridgehead atoms. The van der Waals surface area contributed by atoms with Crippen LogP contribution in [0.2, 0.25) is 0 Å². The Morgan fingerprint density at radius 2 is 0.941 bits per heavy atom. The molecular weight excluding hydrogens is 869 g/mol. The third-order valence-corrected chi connectivity index (χ3v) is 11.4. The van der Waals surface area contributed by atoms with Crippen molar-refractivity contribution in [1.82, 2.24) is 19.4 Å². The topological polar surface area (TPSA) is 246 Å². The minimum Gasteiger partial charge on any atom is -0.484 e. The molecule has 8 N–H and O–H groups in total. The van der Waals surface area contributed by atoms with Crippen LogP contribution in [-0.2, 0) is 9.59 Å². The Hall–Kier alpha value is -9.18. The van der Waals surface area contributed by atoms with Gasteiger partial charge in [0.1, 0.15) is 11.5 Å². The molecule has 0 aliphatic heterocycles. The van der Waals surface area contributed by atoms with E-state index in [9.17, 15) is 39.0 Å². The largest absolute Gasteiger partial charge is 0.484 e. The van der Waals surface area contributed by atoms with Crippen LogP contribution in [0.25, 0.3) is 33.5 Å². The highest BCUT2D eigenvalue weighted by Crippen LogP contribution is 2.36. The van der Waals surface area contributed by atoms with Gasteiger partial charge in [-0.2, -0.15) is 0 Å². The van der Waals surface area contributed by atoms with Crippen LogP contribution in [0.15, 0.2) is 134 Å². The lowest BCUT2D eigenvalue weighted by Crippen LogP contribution is -2.38. The van der Waals surface area contributed by atoms with Gasteiger partial charge >= 0.3 is 11.9 Å². The summed E-state index contributed by atoms with van der Waals surface area (Å²) < 4.78 is 15.4. The smallest absolute Gasteiger partial charge is 0.337 e. The van der Waals surface area contributed by atoms with Crippen molar-refractivity contribution >= 4 is 57.7 Å². The second kappa shape index (κ2) is 19.1. The molecule has 0 saturated heterocycles. The van der Waals surface area contributed by atoms with Crippen molar-refractivity contribution in [2.45, 2.75) is 13.8 Å². The molecule has 0 radical (unpaired) electrons. The number of pyridine rings is 2. The van der Waals surface area contributed by atoms with E-state index >= 15 is 0 Å². The van der Waals surface area contributed by atoms with Crippen LogP contribution >= 0.6 is 0 Å². The molecule has 4 heterocycles. The van der Waals surface area contributed by atoms with Gasteiger partial charge in [0.15, 0.2) is 24.8 Å². The van der Waals surface area contributed by atoms with Crippen molar-refractivity contribution in [1.29, 1.82) is 0 Å². The second-order valence-electron chi connectivity index (χ2n) is 15.8. The van der Waals surface area contributed by atoms with Crippen LogP contribution in [0.1, 0.15) is 63.7 Å². The third-order valence-electron chi connectivity index (χ3n) is 11.4. The molecule has 0 aliphatic rings. The van der Waals surface area contributed by atoms with Gasteiger partial charge in [0.05, 0.1) is 44.7 Å². The van der Waals surface area contributed by atoms with Crippen molar-refractivity contribution in [3.05, 3.63) is 178 Å². The minimum absolute atomic E-state index is 0.0536. The minimum atomic E-state index is -1.24. The van der Waals surface area contributed by atoms with E-state index in [0.717, 1.165) is 0 Å². The fourth-order valence-electron chi connectivity index (χ4n) is 8.27. The highest BCUT2D eigenvalue weighted by atomic mass is 16.5. The summed E-state index contributed by atoms with van der Waals surface area (Å²) in [7, 11) is 0. The number of hydrogen-bond donors (Lipinski definition) is 6. The molecule has 0 saturated carbocycles. The SMILES string of the molecule is Cc1c(C(=O)c2ccc(N)c(C(=O)O)c2)c2ccccn2c1-c1cccc(OCC(=O)NCCNC(=O)COc2cccc(-c3c(C)c(C(=O)c4ccc(N)c(C(=O)O)c4)c4ccccn34)c2)c1. The van der Waals surface area contributed by atoms with Gasteiger partial charge < -0.3 is 50.6 Å². The summed E-state index contributed by atoms with van der Waals surface area (Å²) in [5.74, 6) is -3.23. The standard InChI is InChI=1S/C52H44N6O10/c1-29-45(49(61)33-15-17-39(53)37(25-33)51(63)64)41-13-3-5-21-57(41)47(29)31-9-7-11-35(23-31)67-27-43(59)55-19-20-56-44(60)28-68-36-12-8-10-32(24-36)48-30(2)46(42-14-4-6-22-58(42)48)50(62)34-16-18-40(54)38(26-34)52(65)66/h3-18,21-26H,19-20,27-28,53-54H2,1-2H3,(H,55,59)(H,56,60)(H,63,64)(H,65,66). The third kappa shape index (κ3) is 9.06. The van der Waals surface area contributed by atoms with Crippen LogP contribution in [0, 0.1) is 13.8 Å². The number of aromatic nitrogens is 2. The predicted molar refractivity (Wildman–Crippen MR) is 255 cm³/mol. The predicted octanol–water partition coefficient (Wildman–Crippen LogP) is 6.86. The average Bonchev–Trinajstić information content (AvgIpc) is 3.80. The lowest BCUT2D eigenvalue weighted by molar-refractivity contribution is -0.124. The Morgan fingerprint density at radius 1 is 0.529 bits per heavy atom. The molecule has 2 amide bonds. The Labute approximate surface area is 388 Å². The molecule has 0 fully saturated rings. The molecule has 0 unspecified atom stereocenters. The van der Waals surface area contributed by atoms with Crippen LogP contribution in [0.5, 0.6) is 11.5 Å². The Morgan fingerprint density at radius 3 is 1.34 bits per heavy atom. The number of carboxylic acids is 2. The van der Waals surface area contributed by atoms with E-state index in [1.165, 1.54) is 36.4 Å². The maximum absolute atomic E-state index is 13.9. The number of fused-ring (bicyclic) bond motifs is 2. The van der Waals surface area contributed by atoms with Gasteiger partial charge in [0.2, 0.25) is 0 Å². The molecule has 0 aliphatic carbocycles. The number of rotatable bonds is 17. The number of amides is 2. The Bertz CT molecular complexity index is 3130. The van der Waals surface area contributed by atoms with Gasteiger partial charge in [-0.3, -0.25) is 19.2 Å². The first kappa shape index (κ1) is 45.4. The summed E-state index contributed by atoms with van der Waals surface area (Å²) in [6, 6.07) is 33.4. The summed E-state index contributed by atoms with van der Waals surface area (Å²) in [4.78, 5) is 76.8. The molecular formula is C52H44N6O10. The van der Waals surface area contributed by atoms with E-state index in [-0.39, 0.29) is 71.5 Å². The number of carbonyl (C=O) groups excluding carboxylic acids is 4. The number of nitrogens with one attached hydrogen (secondary N) is 2. The first-order chi connectivity index (χ1) is 32.7. The molecule has 8 aromatic rings. The zero-order valence-corrected chi connectivity index (χ0v) is 36.7. The van der Waals surface area contributed by atoms with Gasteiger partial charge in [-0.25, -0.2) is 9.59 Å². The Kier molecular flexibility index (Phi) is 12.8. The van der Waals surface area contributed by atoms with Crippen LogP contribution in [0.3, 0.4) is 0 Å². The fourth-order valence-corrected chi connectivity index (χ4v) is 8.27. The number of anilines is 2. The molecule has 68 heavy (non-hydrogen) atoms. The number of benzene rings is 4. The summed E-state index contributed by atoms with van der Waals surface area (Å²) in [6.07, 6.45) is 3.65. The Balaban J connectivity index is 0.854. The number of nitrogens with zero attached hydrogens (tertiary/aromatic N) is 2. The van der Waals surface area contributed by atoms with E-state index in [1.807, 2.05) is 71.4 Å². The number of carbonyl (C=O) groups is 6. The normalized spacial score (nSPS) is 11.0. The lowest BCUT2D eigenvalue weighted by Gasteiger charge is -2.11. The molecule has 16 nitrogen and oxygen atoms in total.